The van der Waals surface area contributed by atoms with Crippen molar-refractivity contribution >= 4 is 54.1 Å². The number of aromatic nitrogens is 4. The average Bonchev–Trinajstić information content (AvgIpc) is 3.45. The summed E-state index contributed by atoms with van der Waals surface area (Å²) >= 11 is 1.71. The second kappa shape index (κ2) is 9.85. The van der Waals surface area contributed by atoms with E-state index < -0.39 is 10.1 Å². The van der Waals surface area contributed by atoms with E-state index in [4.69, 9.17) is 4.18 Å². The van der Waals surface area contributed by atoms with Gasteiger partial charge in [-0.25, -0.2) is 9.97 Å². The predicted molar refractivity (Wildman–Crippen MR) is 147 cm³/mol. The summed E-state index contributed by atoms with van der Waals surface area (Å²) in [4.78, 5) is 11.4. The van der Waals surface area contributed by atoms with Gasteiger partial charge in [-0.2, -0.15) is 13.5 Å². The van der Waals surface area contributed by atoms with Crippen molar-refractivity contribution in [2.75, 3.05) is 18.2 Å². The molecule has 0 radical (unpaired) electrons. The highest BCUT2D eigenvalue weighted by Gasteiger charge is 2.25. The van der Waals surface area contributed by atoms with Crippen molar-refractivity contribution in [1.82, 2.24) is 19.7 Å². The van der Waals surface area contributed by atoms with E-state index in [0.29, 0.717) is 5.92 Å². The molecule has 0 fully saturated rings. The van der Waals surface area contributed by atoms with Gasteiger partial charge >= 0.3 is 0 Å². The first-order chi connectivity index (χ1) is 17.9. The molecule has 37 heavy (non-hydrogen) atoms. The van der Waals surface area contributed by atoms with Crippen molar-refractivity contribution < 1.29 is 12.6 Å². The summed E-state index contributed by atoms with van der Waals surface area (Å²) in [6.07, 6.45) is 8.17. The first-order valence-corrected chi connectivity index (χ1v) is 14.9. The van der Waals surface area contributed by atoms with Crippen LogP contribution in [0.5, 0.6) is 0 Å². The van der Waals surface area contributed by atoms with E-state index >= 15 is 0 Å². The number of rotatable bonds is 8. The van der Waals surface area contributed by atoms with Crippen LogP contribution in [0.1, 0.15) is 28.8 Å². The zero-order valence-corrected chi connectivity index (χ0v) is 22.1. The highest BCUT2D eigenvalue weighted by molar-refractivity contribution is 7.85. The lowest BCUT2D eigenvalue weighted by Gasteiger charge is -2.22. The fraction of sp³-hybridized carbons (Fsp3) is 0.296. The molecule has 1 unspecified atom stereocenters. The molecule has 5 aromatic rings. The number of anilines is 2. The van der Waals surface area contributed by atoms with Crippen molar-refractivity contribution in [2.45, 2.75) is 32.2 Å². The monoisotopic (exact) mass is 533 g/mol. The molecule has 1 aliphatic carbocycles. The Morgan fingerprint density at radius 1 is 1.16 bits per heavy atom. The van der Waals surface area contributed by atoms with Gasteiger partial charge in [0.15, 0.2) is 0 Å². The van der Waals surface area contributed by atoms with Gasteiger partial charge in [-0.15, -0.1) is 11.3 Å². The van der Waals surface area contributed by atoms with E-state index in [-0.39, 0.29) is 6.61 Å². The molecule has 0 spiro atoms. The van der Waals surface area contributed by atoms with E-state index in [9.17, 15) is 8.42 Å². The molecular weight excluding hydrogens is 506 g/mol. The molecular formula is C27H27N5O3S2. The summed E-state index contributed by atoms with van der Waals surface area (Å²) in [6, 6.07) is 16.6. The van der Waals surface area contributed by atoms with Gasteiger partial charge in [0.2, 0.25) is 0 Å². The topological polar surface area (TPSA) is 99.0 Å². The highest BCUT2D eigenvalue weighted by Crippen LogP contribution is 2.41. The molecule has 8 nitrogen and oxygen atoms in total. The van der Waals surface area contributed by atoms with Crippen LogP contribution in [0.15, 0.2) is 61.1 Å². The number of benzene rings is 2. The van der Waals surface area contributed by atoms with E-state index in [1.54, 1.807) is 17.7 Å². The molecule has 3 heterocycles. The molecule has 0 amide bonds. The number of nitrogens with one attached hydrogen (secondary N) is 1. The Morgan fingerprint density at radius 2 is 2.03 bits per heavy atom. The van der Waals surface area contributed by atoms with Gasteiger partial charge in [0, 0.05) is 16.0 Å². The first kappa shape index (κ1) is 24.0. The SMILES string of the molecule is CS(=O)(=O)OCCC1CCc2c(sc3ncnc(Nc4ccc5c(cnn5Cc5ccccc5)c4)c23)C1. The minimum absolute atomic E-state index is 0.237. The maximum Gasteiger partial charge on any atom is 0.264 e. The van der Waals surface area contributed by atoms with Crippen LogP contribution in [0.4, 0.5) is 11.5 Å². The maximum absolute atomic E-state index is 11.3. The lowest BCUT2D eigenvalue weighted by molar-refractivity contribution is 0.274. The quantitative estimate of drug-likeness (QED) is 0.270. The summed E-state index contributed by atoms with van der Waals surface area (Å²) in [6.45, 7) is 0.965. The Hall–Kier alpha value is -3.34. The number of aryl methyl sites for hydroxylation is 1. The third-order valence-electron chi connectivity index (χ3n) is 6.85. The third-order valence-corrected chi connectivity index (χ3v) is 8.61. The number of hydrogen-bond acceptors (Lipinski definition) is 8. The molecule has 6 rings (SSSR count). The van der Waals surface area contributed by atoms with Crippen LogP contribution in [-0.2, 0) is 33.7 Å². The fourth-order valence-corrected chi connectivity index (χ4v) is 6.77. The number of thiophene rings is 1. The van der Waals surface area contributed by atoms with Gasteiger partial charge in [-0.1, -0.05) is 30.3 Å². The summed E-state index contributed by atoms with van der Waals surface area (Å²) in [7, 11) is -3.40. The van der Waals surface area contributed by atoms with Gasteiger partial charge < -0.3 is 5.32 Å². The van der Waals surface area contributed by atoms with Crippen LogP contribution in [0.2, 0.25) is 0 Å². The molecule has 2 aromatic carbocycles. The van der Waals surface area contributed by atoms with Crippen molar-refractivity contribution in [2.24, 2.45) is 5.92 Å². The van der Waals surface area contributed by atoms with E-state index in [0.717, 1.165) is 71.1 Å². The Bertz CT molecular complexity index is 1680. The van der Waals surface area contributed by atoms with Crippen LogP contribution in [0.3, 0.4) is 0 Å². The highest BCUT2D eigenvalue weighted by atomic mass is 32.2. The lowest BCUT2D eigenvalue weighted by atomic mass is 9.86. The molecule has 1 N–H and O–H groups in total. The van der Waals surface area contributed by atoms with E-state index in [2.05, 4.69) is 50.7 Å². The average molecular weight is 534 g/mol. The predicted octanol–water partition coefficient (Wildman–Crippen LogP) is 5.30. The molecule has 0 saturated carbocycles. The molecule has 0 bridgehead atoms. The Balaban J connectivity index is 1.22. The zero-order chi connectivity index (χ0) is 25.4. The van der Waals surface area contributed by atoms with Crippen LogP contribution in [-0.4, -0.2) is 41.0 Å². The van der Waals surface area contributed by atoms with Gasteiger partial charge in [0.05, 0.1) is 36.5 Å². The van der Waals surface area contributed by atoms with Gasteiger partial charge in [0.1, 0.15) is 17.0 Å². The molecule has 1 aliphatic rings. The summed E-state index contributed by atoms with van der Waals surface area (Å²) < 4.78 is 29.5. The van der Waals surface area contributed by atoms with Gasteiger partial charge in [-0.3, -0.25) is 8.86 Å². The molecule has 190 valence electrons. The molecule has 3 aromatic heterocycles. The largest absolute Gasteiger partial charge is 0.340 e. The maximum atomic E-state index is 11.3. The fourth-order valence-electron chi connectivity index (χ4n) is 5.07. The molecule has 0 saturated heterocycles. The zero-order valence-electron chi connectivity index (χ0n) is 20.4. The van der Waals surface area contributed by atoms with Crippen LogP contribution < -0.4 is 5.32 Å². The lowest BCUT2D eigenvalue weighted by Crippen LogP contribution is -2.16. The van der Waals surface area contributed by atoms with Crippen molar-refractivity contribution in [3.63, 3.8) is 0 Å². The van der Waals surface area contributed by atoms with Crippen molar-refractivity contribution in [3.05, 3.63) is 77.1 Å². The van der Waals surface area contributed by atoms with Crippen LogP contribution >= 0.6 is 11.3 Å². The van der Waals surface area contributed by atoms with Crippen LogP contribution in [0, 0.1) is 5.92 Å². The standard InChI is InChI=1S/C27H27N5O3S2/c1-37(33,34)35-12-11-18-7-9-22-24(13-18)36-27-25(22)26(28-17-29-27)31-21-8-10-23-20(14-21)15-30-32(23)16-19-5-3-2-4-6-19/h2-6,8,10,14-15,17-18H,7,9,11-13,16H2,1H3,(H,28,29,31). The Kier molecular flexibility index (Phi) is 6.39. The van der Waals surface area contributed by atoms with Crippen molar-refractivity contribution in [3.8, 4) is 0 Å². The number of nitrogens with zero attached hydrogens (tertiary/aromatic N) is 4. The van der Waals surface area contributed by atoms with Gasteiger partial charge in [-0.05, 0) is 60.9 Å². The Morgan fingerprint density at radius 3 is 2.86 bits per heavy atom. The van der Waals surface area contributed by atoms with Gasteiger partial charge in [0.25, 0.3) is 10.1 Å². The summed E-state index contributed by atoms with van der Waals surface area (Å²) in [5, 5.41) is 10.3. The summed E-state index contributed by atoms with van der Waals surface area (Å²) in [5.41, 5.74) is 4.56. The minimum atomic E-state index is -3.40. The molecule has 10 heteroatoms. The second-order valence-corrected chi connectivity index (χ2v) is 12.2. The molecule has 0 aliphatic heterocycles. The third kappa shape index (κ3) is 5.22. The van der Waals surface area contributed by atoms with E-state index in [1.807, 2.05) is 29.1 Å². The van der Waals surface area contributed by atoms with Crippen molar-refractivity contribution in [1.29, 1.82) is 0 Å². The first-order valence-electron chi connectivity index (χ1n) is 12.3. The Labute approximate surface area is 219 Å². The second-order valence-electron chi connectivity index (χ2n) is 9.52. The van der Waals surface area contributed by atoms with Crippen LogP contribution in [0.25, 0.3) is 21.1 Å². The smallest absolute Gasteiger partial charge is 0.264 e. The summed E-state index contributed by atoms with van der Waals surface area (Å²) in [5.74, 6) is 1.22. The minimum Gasteiger partial charge on any atom is -0.340 e. The normalized spacial score (nSPS) is 15.8. The number of hydrogen-bond donors (Lipinski definition) is 1. The number of fused-ring (bicyclic) bond motifs is 4. The van der Waals surface area contributed by atoms with E-state index in [1.165, 1.54) is 16.0 Å². The molecule has 1 atom stereocenters.